The van der Waals surface area contributed by atoms with Crippen molar-refractivity contribution in [1.29, 1.82) is 0 Å². The van der Waals surface area contributed by atoms with Crippen molar-refractivity contribution in [2.45, 2.75) is 167 Å². The molecule has 9 aromatic rings. The van der Waals surface area contributed by atoms with Gasteiger partial charge in [0.1, 0.15) is 46.5 Å². The van der Waals surface area contributed by atoms with Crippen LogP contribution in [0.3, 0.4) is 0 Å². The van der Waals surface area contributed by atoms with Crippen molar-refractivity contribution in [2.75, 3.05) is 37.8 Å². The van der Waals surface area contributed by atoms with Gasteiger partial charge in [0.25, 0.3) is 0 Å². The van der Waals surface area contributed by atoms with E-state index in [9.17, 15) is 31.1 Å². The lowest BCUT2D eigenvalue weighted by atomic mass is 9.83. The molecule has 13 nitrogen and oxygen atoms in total. The van der Waals surface area contributed by atoms with Crippen molar-refractivity contribution in [3.05, 3.63) is 239 Å². The van der Waals surface area contributed by atoms with Gasteiger partial charge in [-0.25, -0.2) is 55.9 Å². The minimum Gasteiger partial charge on any atom is -0.508 e. The molecular formula is C81H96F4N10O3S. The second-order valence-electron chi connectivity index (χ2n) is 26.9. The first-order valence-electron chi connectivity index (χ1n) is 35.7. The topological polar surface area (TPSA) is 162 Å². The van der Waals surface area contributed by atoms with Gasteiger partial charge < -0.3 is 15.7 Å². The van der Waals surface area contributed by atoms with E-state index in [4.69, 9.17) is 9.97 Å². The Kier molecular flexibility index (Phi) is 27.6. The minimum atomic E-state index is -3.31. The van der Waals surface area contributed by atoms with Gasteiger partial charge in [0, 0.05) is 124 Å². The van der Waals surface area contributed by atoms with Crippen molar-refractivity contribution in [1.82, 2.24) is 44.4 Å². The van der Waals surface area contributed by atoms with E-state index in [0.717, 1.165) is 140 Å². The van der Waals surface area contributed by atoms with E-state index >= 15 is 0 Å². The summed E-state index contributed by atoms with van der Waals surface area (Å²) in [6.07, 6.45) is 26.8. The van der Waals surface area contributed by atoms with E-state index in [1.165, 1.54) is 98.7 Å². The summed E-state index contributed by atoms with van der Waals surface area (Å²) in [5, 5.41) is 16.7. The Balaban J connectivity index is 0.000000161. The van der Waals surface area contributed by atoms with Gasteiger partial charge in [-0.3, -0.25) is 4.90 Å². The highest BCUT2D eigenvalue weighted by molar-refractivity contribution is 7.88. The molecule has 3 N–H and O–H groups in total. The van der Waals surface area contributed by atoms with Crippen molar-refractivity contribution >= 4 is 15.7 Å². The van der Waals surface area contributed by atoms with Crippen LogP contribution in [0.15, 0.2) is 170 Å². The molecule has 3 aromatic heterocycles. The number of benzene rings is 6. The molecule has 0 bridgehead atoms. The third kappa shape index (κ3) is 23.7. The van der Waals surface area contributed by atoms with E-state index in [1.807, 2.05) is 60.8 Å². The molecule has 4 heterocycles. The Morgan fingerprint density at radius 3 is 1.56 bits per heavy atom. The van der Waals surface area contributed by atoms with Crippen LogP contribution in [-0.4, -0.2) is 97.2 Å². The summed E-state index contributed by atoms with van der Waals surface area (Å²) in [6, 6.07) is 46.6. The second kappa shape index (κ2) is 37.2. The average molecular weight is 1370 g/mol. The maximum absolute atomic E-state index is 13.4. The first-order valence-corrected chi connectivity index (χ1v) is 37.5. The van der Waals surface area contributed by atoms with Gasteiger partial charge in [-0.15, -0.1) is 0 Å². The number of aryl methyl sites for hydroxylation is 6. The lowest BCUT2D eigenvalue weighted by Crippen LogP contribution is -2.50. The predicted molar refractivity (Wildman–Crippen MR) is 388 cm³/mol. The van der Waals surface area contributed by atoms with Gasteiger partial charge >= 0.3 is 0 Å². The maximum atomic E-state index is 13.4. The van der Waals surface area contributed by atoms with Crippen LogP contribution in [0, 0.1) is 35.1 Å². The van der Waals surface area contributed by atoms with Gasteiger partial charge in [-0.1, -0.05) is 100 Å². The van der Waals surface area contributed by atoms with Crippen molar-refractivity contribution in [3.63, 3.8) is 0 Å². The molecule has 0 spiro atoms. The predicted octanol–water partition coefficient (Wildman–Crippen LogP) is 17.1. The standard InChI is InChI=1S/C28H35N3O.C27H31F2N3O2S.C26H30F2N4/c1-2-5-21-10-14-24(15-11-21)30-25-8-4-7-23(20-25)27-18-19-29-28(31-27)9-3-6-22-12-16-26(32)17-13-22;1-35(33,34)32(18-20-6-2-3-7-20)19-22-9-4-10-23(14-22)26-12-13-30-27(31-26)11-5-8-21-15-24(28)17-25(29)16-21;1-2-24-17-29-11-12-32(24)18-20-6-3-7-21(13-20)25-9-10-30-26(31-25)8-4-5-19-14-22(27)16-23(28)15-19/h4,7-8,12-13,16-21,24,30,32H,2-3,5-6,9-11,14-15H2,1H3;4,9-10,12-17,20H,2-3,5-8,11,18-19H2,1H3;3,6-7,9-10,13-16,24,29H,2,4-5,8,11-12,17-18H2,1H3. The first kappa shape index (κ1) is 73.4. The summed E-state index contributed by atoms with van der Waals surface area (Å²) >= 11 is 0. The number of rotatable bonds is 27. The third-order valence-corrected chi connectivity index (χ3v) is 20.3. The van der Waals surface area contributed by atoms with Crippen LogP contribution in [0.5, 0.6) is 5.75 Å². The summed E-state index contributed by atoms with van der Waals surface area (Å²) in [6.45, 7) is 9.53. The summed E-state index contributed by atoms with van der Waals surface area (Å²) in [5.41, 5.74) is 11.6. The van der Waals surface area contributed by atoms with Crippen LogP contribution in [-0.2, 0) is 61.6 Å². The number of aromatic hydroxyl groups is 1. The highest BCUT2D eigenvalue weighted by atomic mass is 32.2. The molecule has 0 amide bonds. The average Bonchev–Trinajstić information content (AvgIpc) is 1.51. The van der Waals surface area contributed by atoms with E-state index < -0.39 is 33.3 Å². The molecule has 1 unspecified atom stereocenters. The molecule has 2 aliphatic carbocycles. The van der Waals surface area contributed by atoms with Crippen LogP contribution >= 0.6 is 0 Å². The first-order chi connectivity index (χ1) is 48.1. The molecule has 3 fully saturated rings. The normalized spacial score (nSPS) is 16.6. The summed E-state index contributed by atoms with van der Waals surface area (Å²) < 4.78 is 80.0. The molecular weight excluding hydrogens is 1270 g/mol. The zero-order chi connectivity index (χ0) is 69.4. The summed E-state index contributed by atoms with van der Waals surface area (Å²) in [4.78, 5) is 30.0. The quantitative estimate of drug-likeness (QED) is 0.0419. The van der Waals surface area contributed by atoms with Crippen molar-refractivity contribution < 1.29 is 31.1 Å². The number of sulfonamides is 1. The number of hydrogen-bond donors (Lipinski definition) is 3. The Hall–Kier alpha value is -8.29. The molecule has 12 rings (SSSR count). The van der Waals surface area contributed by atoms with Gasteiger partial charge in [-0.05, 0) is 202 Å². The van der Waals surface area contributed by atoms with Crippen molar-refractivity contribution in [3.8, 4) is 39.5 Å². The Bertz CT molecular complexity index is 4070. The lowest BCUT2D eigenvalue weighted by molar-refractivity contribution is 0.149. The SMILES string of the molecule is CCC1CNCCN1Cc1cccc(-c2ccnc(CCCc3cc(F)cc(F)c3)n2)c1.CCCC1CCC(Nc2cccc(-c3ccnc(CCCc4ccc(O)cc4)n3)c2)CC1.CS(=O)(=O)N(Cc1cccc(-c2ccnc(CCCc3cc(F)cc(F)c3)n2)c1)CC1CCCC1. The van der Waals surface area contributed by atoms with Crippen LogP contribution in [0.25, 0.3) is 33.8 Å². The molecule has 1 saturated heterocycles. The fraction of sp³-hybridized carbons (Fsp3) is 0.407. The van der Waals surface area contributed by atoms with E-state index in [0.29, 0.717) is 85.9 Å². The number of piperazine rings is 1. The van der Waals surface area contributed by atoms with Crippen LogP contribution in [0.4, 0.5) is 23.2 Å². The molecule has 2 saturated carbocycles. The Morgan fingerprint density at radius 1 is 0.545 bits per heavy atom. The highest BCUT2D eigenvalue weighted by Gasteiger charge is 2.26. The number of aromatic nitrogens is 6. The zero-order valence-corrected chi connectivity index (χ0v) is 58.4. The fourth-order valence-electron chi connectivity index (χ4n) is 13.9. The number of hydrogen-bond acceptors (Lipinski definition) is 12. The number of nitrogens with zero attached hydrogens (tertiary/aromatic N) is 8. The minimum absolute atomic E-state index is 0.311. The number of halogens is 4. The number of phenolic OH excluding ortho intramolecular Hbond substituents is 1. The Labute approximate surface area is 583 Å². The smallest absolute Gasteiger partial charge is 0.211 e. The van der Waals surface area contributed by atoms with Gasteiger partial charge in [0.2, 0.25) is 10.0 Å². The van der Waals surface area contributed by atoms with E-state index in [1.54, 1.807) is 28.8 Å². The maximum Gasteiger partial charge on any atom is 0.211 e. The van der Waals surface area contributed by atoms with Crippen LogP contribution in [0.2, 0.25) is 0 Å². The largest absolute Gasteiger partial charge is 0.508 e. The van der Waals surface area contributed by atoms with Gasteiger partial charge in [0.15, 0.2) is 0 Å². The van der Waals surface area contributed by atoms with Gasteiger partial charge in [0.05, 0.1) is 23.3 Å². The molecule has 18 heteroatoms. The third-order valence-electron chi connectivity index (χ3n) is 19.1. The van der Waals surface area contributed by atoms with Crippen molar-refractivity contribution in [2.24, 2.45) is 11.8 Å². The molecule has 6 aromatic carbocycles. The molecule has 0 radical (unpaired) electrons. The Morgan fingerprint density at radius 2 is 1.04 bits per heavy atom. The number of nitrogens with one attached hydrogen (secondary N) is 2. The van der Waals surface area contributed by atoms with Crippen LogP contribution < -0.4 is 10.6 Å². The van der Waals surface area contributed by atoms with E-state index in [2.05, 4.69) is 97.8 Å². The van der Waals surface area contributed by atoms with E-state index in [-0.39, 0.29) is 0 Å². The van der Waals surface area contributed by atoms with Crippen LogP contribution in [0.1, 0.15) is 149 Å². The molecule has 99 heavy (non-hydrogen) atoms. The molecule has 522 valence electrons. The molecule has 1 atom stereocenters. The van der Waals surface area contributed by atoms with Gasteiger partial charge in [-0.2, -0.15) is 4.31 Å². The fourth-order valence-corrected chi connectivity index (χ4v) is 14.7. The number of anilines is 1. The molecule has 1 aliphatic heterocycles. The monoisotopic (exact) mass is 1360 g/mol. The summed E-state index contributed by atoms with van der Waals surface area (Å²) in [5.74, 6) is 1.74. The molecule has 3 aliphatic rings. The summed E-state index contributed by atoms with van der Waals surface area (Å²) in [7, 11) is -3.31. The number of phenols is 1. The lowest BCUT2D eigenvalue weighted by Gasteiger charge is -2.35. The zero-order valence-electron chi connectivity index (χ0n) is 57.6. The highest BCUT2D eigenvalue weighted by Crippen LogP contribution is 2.32. The second-order valence-corrected chi connectivity index (χ2v) is 28.9.